The fourth-order valence-corrected chi connectivity index (χ4v) is 5.45. The lowest BCUT2D eigenvalue weighted by Crippen LogP contribution is -2.50. The zero-order chi connectivity index (χ0) is 15.9. The van der Waals surface area contributed by atoms with Crippen molar-refractivity contribution >= 4 is 20.7 Å². The molecule has 2 aromatic rings. The van der Waals surface area contributed by atoms with Gasteiger partial charge in [-0.15, -0.1) is 0 Å². The van der Waals surface area contributed by atoms with Crippen molar-refractivity contribution in [1.82, 2.24) is 20.0 Å². The summed E-state index contributed by atoms with van der Waals surface area (Å²) in [6, 6.07) is 6.67. The zero-order valence-corrected chi connectivity index (χ0v) is 13.9. The van der Waals surface area contributed by atoms with Gasteiger partial charge in [-0.1, -0.05) is 12.1 Å². The van der Waals surface area contributed by atoms with E-state index in [0.29, 0.717) is 11.5 Å². The van der Waals surface area contributed by atoms with Crippen molar-refractivity contribution in [3.8, 4) is 0 Å². The molecule has 2 aliphatic heterocycles. The van der Waals surface area contributed by atoms with Gasteiger partial charge in [-0.05, 0) is 18.1 Å². The summed E-state index contributed by atoms with van der Waals surface area (Å²) in [4.78, 5) is 4.80. The minimum Gasteiger partial charge on any atom is -0.297 e. The van der Waals surface area contributed by atoms with E-state index in [0.717, 1.165) is 50.0 Å². The molecular weight excluding hydrogens is 312 g/mol. The fourth-order valence-electron chi connectivity index (χ4n) is 3.69. The number of piperazine rings is 1. The molecular formula is C16H22N4O2S. The highest BCUT2D eigenvalue weighted by molar-refractivity contribution is 7.91. The third-order valence-electron chi connectivity index (χ3n) is 5.04. The third-order valence-corrected chi connectivity index (χ3v) is 6.79. The Bertz CT molecular complexity index is 793. The molecule has 1 atom stereocenters. The van der Waals surface area contributed by atoms with Crippen molar-refractivity contribution in [3.63, 3.8) is 0 Å². The van der Waals surface area contributed by atoms with Crippen LogP contribution in [0.15, 0.2) is 24.4 Å². The van der Waals surface area contributed by atoms with Crippen LogP contribution in [0.25, 0.3) is 10.9 Å². The van der Waals surface area contributed by atoms with Gasteiger partial charge >= 0.3 is 0 Å². The Hall–Kier alpha value is -1.44. The van der Waals surface area contributed by atoms with Crippen molar-refractivity contribution in [2.45, 2.75) is 19.0 Å². The van der Waals surface area contributed by atoms with Gasteiger partial charge < -0.3 is 0 Å². The first-order valence-corrected chi connectivity index (χ1v) is 10.00. The Morgan fingerprint density at radius 3 is 2.78 bits per heavy atom. The van der Waals surface area contributed by atoms with Crippen LogP contribution < -0.4 is 0 Å². The monoisotopic (exact) mass is 334 g/mol. The van der Waals surface area contributed by atoms with E-state index >= 15 is 0 Å². The van der Waals surface area contributed by atoms with E-state index in [1.54, 1.807) is 0 Å². The summed E-state index contributed by atoms with van der Waals surface area (Å²) in [6.07, 6.45) is 2.65. The average Bonchev–Trinajstić information content (AvgIpc) is 3.13. The Morgan fingerprint density at radius 2 is 2.04 bits per heavy atom. The summed E-state index contributed by atoms with van der Waals surface area (Å²) >= 11 is 0. The standard InChI is InChI=1S/C16H22N4O2S/c21-23(22)8-3-15(12-23)20-6-4-19(5-7-20)11-13-1-2-14-10-17-18-16(14)9-13/h1-2,9-10,15H,3-8,11-12H2,(H,17,18). The van der Waals surface area contributed by atoms with Crippen molar-refractivity contribution in [3.05, 3.63) is 30.0 Å². The van der Waals surface area contributed by atoms with Crippen LogP contribution >= 0.6 is 0 Å². The first-order chi connectivity index (χ1) is 11.1. The van der Waals surface area contributed by atoms with Crippen LogP contribution in [-0.4, -0.2) is 72.1 Å². The second-order valence-corrected chi connectivity index (χ2v) is 8.89. The maximum absolute atomic E-state index is 11.6. The molecule has 6 nitrogen and oxygen atoms in total. The molecule has 1 aromatic carbocycles. The number of benzene rings is 1. The highest BCUT2D eigenvalue weighted by atomic mass is 32.2. The molecule has 0 saturated carbocycles. The van der Waals surface area contributed by atoms with Crippen LogP contribution in [-0.2, 0) is 16.4 Å². The summed E-state index contributed by atoms with van der Waals surface area (Å²) < 4.78 is 23.3. The fraction of sp³-hybridized carbons (Fsp3) is 0.562. The van der Waals surface area contributed by atoms with Gasteiger partial charge in [-0.2, -0.15) is 5.10 Å². The van der Waals surface area contributed by atoms with Crippen LogP contribution in [0.1, 0.15) is 12.0 Å². The predicted octanol–water partition coefficient (Wildman–Crippen LogP) is 0.868. The van der Waals surface area contributed by atoms with Gasteiger partial charge in [0.15, 0.2) is 9.84 Å². The Labute approximate surface area is 136 Å². The number of aromatic amines is 1. The second-order valence-electron chi connectivity index (χ2n) is 6.66. The van der Waals surface area contributed by atoms with Crippen molar-refractivity contribution in [2.75, 3.05) is 37.7 Å². The van der Waals surface area contributed by atoms with Crippen LogP contribution in [0.4, 0.5) is 0 Å². The lowest BCUT2D eigenvalue weighted by Gasteiger charge is -2.37. The maximum Gasteiger partial charge on any atom is 0.151 e. The van der Waals surface area contributed by atoms with E-state index in [1.807, 2.05) is 6.20 Å². The van der Waals surface area contributed by atoms with Gasteiger partial charge in [0, 0.05) is 44.2 Å². The van der Waals surface area contributed by atoms with Crippen LogP contribution in [0, 0.1) is 0 Å². The molecule has 7 heteroatoms. The van der Waals surface area contributed by atoms with E-state index in [4.69, 9.17) is 0 Å². The number of H-pyrrole nitrogens is 1. The van der Waals surface area contributed by atoms with Crippen LogP contribution in [0.5, 0.6) is 0 Å². The zero-order valence-electron chi connectivity index (χ0n) is 13.1. The minimum absolute atomic E-state index is 0.239. The lowest BCUT2D eigenvalue weighted by atomic mass is 10.1. The summed E-state index contributed by atoms with van der Waals surface area (Å²) in [5.41, 5.74) is 2.37. The molecule has 2 aliphatic rings. The lowest BCUT2D eigenvalue weighted by molar-refractivity contribution is 0.100. The number of nitrogens with one attached hydrogen (secondary N) is 1. The minimum atomic E-state index is -2.79. The number of hydrogen-bond acceptors (Lipinski definition) is 5. The number of hydrogen-bond donors (Lipinski definition) is 1. The highest BCUT2D eigenvalue weighted by Gasteiger charge is 2.33. The highest BCUT2D eigenvalue weighted by Crippen LogP contribution is 2.20. The molecule has 1 N–H and O–H groups in total. The van der Waals surface area contributed by atoms with E-state index in [9.17, 15) is 8.42 Å². The van der Waals surface area contributed by atoms with Crippen molar-refractivity contribution in [2.24, 2.45) is 0 Å². The normalized spacial score (nSPS) is 26.0. The molecule has 0 aliphatic carbocycles. The predicted molar refractivity (Wildman–Crippen MR) is 90.0 cm³/mol. The van der Waals surface area contributed by atoms with Gasteiger partial charge in [-0.25, -0.2) is 8.42 Å². The first kappa shape index (κ1) is 15.1. The number of rotatable bonds is 3. The molecule has 0 radical (unpaired) electrons. The Balaban J connectivity index is 1.34. The molecule has 1 unspecified atom stereocenters. The molecule has 1 aromatic heterocycles. The summed E-state index contributed by atoms with van der Waals surface area (Å²) in [7, 11) is -2.79. The smallest absolute Gasteiger partial charge is 0.151 e. The van der Waals surface area contributed by atoms with Gasteiger partial charge in [0.05, 0.1) is 23.2 Å². The molecule has 0 bridgehead atoms. The van der Waals surface area contributed by atoms with E-state index < -0.39 is 9.84 Å². The van der Waals surface area contributed by atoms with Gasteiger partial charge in [-0.3, -0.25) is 14.9 Å². The van der Waals surface area contributed by atoms with Gasteiger partial charge in [0.1, 0.15) is 0 Å². The number of fused-ring (bicyclic) bond motifs is 1. The molecule has 2 fully saturated rings. The molecule has 23 heavy (non-hydrogen) atoms. The van der Waals surface area contributed by atoms with Gasteiger partial charge in [0.25, 0.3) is 0 Å². The van der Waals surface area contributed by atoms with Crippen LogP contribution in [0.2, 0.25) is 0 Å². The molecule has 0 amide bonds. The van der Waals surface area contributed by atoms with Crippen molar-refractivity contribution < 1.29 is 8.42 Å². The number of aromatic nitrogens is 2. The van der Waals surface area contributed by atoms with E-state index in [-0.39, 0.29) is 6.04 Å². The maximum atomic E-state index is 11.6. The molecule has 2 saturated heterocycles. The molecule has 4 rings (SSSR count). The first-order valence-electron chi connectivity index (χ1n) is 8.18. The second kappa shape index (κ2) is 5.89. The summed E-state index contributed by atoms with van der Waals surface area (Å²) in [5.74, 6) is 0.714. The SMILES string of the molecule is O=S1(=O)CCC(N2CCN(Cc3ccc4cn[nH]c4c3)CC2)C1. The van der Waals surface area contributed by atoms with Crippen molar-refractivity contribution in [1.29, 1.82) is 0 Å². The summed E-state index contributed by atoms with van der Waals surface area (Å²) in [6.45, 7) is 4.86. The van der Waals surface area contributed by atoms with Crippen LogP contribution in [0.3, 0.4) is 0 Å². The molecule has 3 heterocycles. The summed E-state index contributed by atoms with van der Waals surface area (Å²) in [5, 5.41) is 8.22. The number of sulfone groups is 1. The van der Waals surface area contributed by atoms with Gasteiger partial charge in [0.2, 0.25) is 0 Å². The molecule has 0 spiro atoms. The molecule has 124 valence electrons. The Morgan fingerprint density at radius 1 is 1.22 bits per heavy atom. The number of nitrogens with zero attached hydrogens (tertiary/aromatic N) is 3. The Kier molecular flexibility index (Phi) is 3.87. The van der Waals surface area contributed by atoms with E-state index in [2.05, 4.69) is 38.2 Å². The topological polar surface area (TPSA) is 69.3 Å². The third kappa shape index (κ3) is 3.27. The quantitative estimate of drug-likeness (QED) is 0.902. The largest absolute Gasteiger partial charge is 0.297 e. The average molecular weight is 334 g/mol. The van der Waals surface area contributed by atoms with E-state index in [1.165, 1.54) is 5.56 Å².